The van der Waals surface area contributed by atoms with Gasteiger partial charge in [0.1, 0.15) is 0 Å². The molecule has 1 fully saturated rings. The molecule has 0 unspecified atom stereocenters. The molecule has 1 N–H and O–H groups in total. The van der Waals surface area contributed by atoms with E-state index in [0.717, 1.165) is 17.6 Å². The Morgan fingerprint density at radius 1 is 1.44 bits per heavy atom. The van der Waals surface area contributed by atoms with Gasteiger partial charge in [0.15, 0.2) is 9.84 Å². The summed E-state index contributed by atoms with van der Waals surface area (Å²) in [7, 11) is -3.03. The van der Waals surface area contributed by atoms with E-state index in [0.29, 0.717) is 5.69 Å². The van der Waals surface area contributed by atoms with E-state index >= 15 is 0 Å². The highest BCUT2D eigenvalue weighted by atomic mass is 79.9. The Morgan fingerprint density at radius 2 is 2.19 bits per heavy atom. The molecule has 2 rings (SSSR count). The Labute approximate surface area is 104 Å². The zero-order valence-corrected chi connectivity index (χ0v) is 11.1. The molecule has 88 valence electrons. The van der Waals surface area contributed by atoms with Crippen LogP contribution in [-0.4, -0.2) is 32.2 Å². The molecule has 0 amide bonds. The van der Waals surface area contributed by atoms with Gasteiger partial charge in [0.2, 0.25) is 0 Å². The van der Waals surface area contributed by atoms with Gasteiger partial charge in [-0.1, -0.05) is 0 Å². The van der Waals surface area contributed by atoms with Crippen molar-refractivity contribution in [1.29, 1.82) is 0 Å². The second kappa shape index (κ2) is 4.81. The van der Waals surface area contributed by atoms with Crippen LogP contribution < -0.4 is 5.32 Å². The normalized spacial score (nSPS) is 17.1. The molecule has 0 radical (unpaired) electrons. The topological polar surface area (TPSA) is 59.1 Å². The molecule has 1 aromatic rings. The van der Waals surface area contributed by atoms with Gasteiger partial charge in [0, 0.05) is 23.8 Å². The van der Waals surface area contributed by atoms with Crippen LogP contribution >= 0.6 is 15.9 Å². The van der Waals surface area contributed by atoms with Crippen molar-refractivity contribution in [3.05, 3.63) is 28.5 Å². The van der Waals surface area contributed by atoms with E-state index in [9.17, 15) is 8.42 Å². The summed E-state index contributed by atoms with van der Waals surface area (Å²) in [5, 5.41) is 3.07. The molecule has 0 bridgehead atoms. The predicted molar refractivity (Wildman–Crippen MR) is 65.8 cm³/mol. The molecule has 16 heavy (non-hydrogen) atoms. The zero-order chi connectivity index (χ0) is 11.6. The number of halogens is 1. The summed E-state index contributed by atoms with van der Waals surface area (Å²) in [5.74, 6) is 0.578. The summed E-state index contributed by atoms with van der Waals surface area (Å²) in [6, 6.07) is 3.55. The van der Waals surface area contributed by atoms with E-state index < -0.39 is 9.84 Å². The minimum atomic E-state index is -3.03. The van der Waals surface area contributed by atoms with Crippen LogP contribution in [0.5, 0.6) is 0 Å². The second-order valence-electron chi connectivity index (χ2n) is 4.05. The molecule has 4 nitrogen and oxygen atoms in total. The fourth-order valence-corrected chi connectivity index (χ4v) is 3.53. The van der Waals surface area contributed by atoms with Gasteiger partial charge in [-0.2, -0.15) is 0 Å². The van der Waals surface area contributed by atoms with Crippen LogP contribution in [-0.2, 0) is 15.6 Å². The average molecular weight is 305 g/mol. The minimum absolute atomic E-state index is 0.0385. The molecule has 1 aromatic heterocycles. The zero-order valence-electron chi connectivity index (χ0n) is 8.69. The smallest absolute Gasteiger partial charge is 0.156 e. The number of rotatable bonds is 4. The summed E-state index contributed by atoms with van der Waals surface area (Å²) in [6.07, 6.45) is 1.62. The monoisotopic (exact) mass is 304 g/mol. The number of hydrogen-bond donors (Lipinski definition) is 1. The van der Waals surface area contributed by atoms with Gasteiger partial charge in [0.05, 0.1) is 17.2 Å². The predicted octanol–water partition coefficient (Wildman–Crippen LogP) is 0.978. The number of sulfone groups is 1. The van der Waals surface area contributed by atoms with Crippen LogP contribution in [0.3, 0.4) is 0 Å². The van der Waals surface area contributed by atoms with Crippen molar-refractivity contribution in [2.75, 3.05) is 18.8 Å². The van der Waals surface area contributed by atoms with Crippen LogP contribution in [0.15, 0.2) is 22.8 Å². The first kappa shape index (κ1) is 12.0. The van der Waals surface area contributed by atoms with Crippen molar-refractivity contribution < 1.29 is 8.42 Å². The molecule has 0 aliphatic carbocycles. The van der Waals surface area contributed by atoms with Crippen molar-refractivity contribution in [3.8, 4) is 0 Å². The van der Waals surface area contributed by atoms with E-state index in [1.54, 1.807) is 12.3 Å². The molecule has 2 heterocycles. The van der Waals surface area contributed by atoms with Crippen molar-refractivity contribution in [3.63, 3.8) is 0 Å². The lowest BCUT2D eigenvalue weighted by molar-refractivity contribution is 0.378. The maximum Gasteiger partial charge on any atom is 0.156 e. The first-order valence-corrected chi connectivity index (χ1v) is 7.68. The fourth-order valence-electron chi connectivity index (χ4n) is 1.60. The third kappa shape index (κ3) is 3.26. The molecule has 1 saturated heterocycles. The molecule has 1 aliphatic heterocycles. The molecule has 6 heteroatoms. The molecular formula is C10H13BrN2O2S. The summed E-state index contributed by atoms with van der Waals surface area (Å²) in [5.41, 5.74) is 0.607. The van der Waals surface area contributed by atoms with Gasteiger partial charge in [-0.15, -0.1) is 0 Å². The Morgan fingerprint density at radius 3 is 2.69 bits per heavy atom. The molecule has 0 saturated carbocycles. The molecule has 0 aromatic carbocycles. The number of pyridine rings is 1. The quantitative estimate of drug-likeness (QED) is 0.901. The van der Waals surface area contributed by atoms with Gasteiger partial charge in [-0.25, -0.2) is 8.42 Å². The van der Waals surface area contributed by atoms with Crippen molar-refractivity contribution in [2.24, 2.45) is 5.92 Å². The maximum absolute atomic E-state index is 11.8. The third-order valence-corrected chi connectivity index (χ3v) is 4.70. The van der Waals surface area contributed by atoms with Crippen LogP contribution in [0.4, 0.5) is 0 Å². The third-order valence-electron chi connectivity index (χ3n) is 2.51. The van der Waals surface area contributed by atoms with Gasteiger partial charge < -0.3 is 5.32 Å². The minimum Gasteiger partial charge on any atom is -0.316 e. The standard InChI is InChI=1S/C10H13BrN2O2S/c11-9-1-2-10(13-5-9)7-16(14,15)6-8-3-12-4-8/h1-2,5,8,12H,3-4,6-7H2. The summed E-state index contributed by atoms with van der Waals surface area (Å²) >= 11 is 3.27. The largest absolute Gasteiger partial charge is 0.316 e. The lowest BCUT2D eigenvalue weighted by Gasteiger charge is -2.26. The number of nitrogens with one attached hydrogen (secondary N) is 1. The summed E-state index contributed by atoms with van der Waals surface area (Å²) < 4.78 is 24.5. The van der Waals surface area contributed by atoms with E-state index in [4.69, 9.17) is 0 Å². The number of hydrogen-bond acceptors (Lipinski definition) is 4. The van der Waals surface area contributed by atoms with Crippen molar-refractivity contribution in [2.45, 2.75) is 5.75 Å². The average Bonchev–Trinajstić information content (AvgIpc) is 2.16. The van der Waals surface area contributed by atoms with E-state index in [1.165, 1.54) is 0 Å². The van der Waals surface area contributed by atoms with E-state index in [2.05, 4.69) is 26.2 Å². The highest BCUT2D eigenvalue weighted by molar-refractivity contribution is 9.10. The van der Waals surface area contributed by atoms with Gasteiger partial charge >= 0.3 is 0 Å². The highest BCUT2D eigenvalue weighted by Gasteiger charge is 2.24. The first-order chi connectivity index (χ1) is 7.55. The molecule has 0 atom stereocenters. The molecule has 1 aliphatic rings. The van der Waals surface area contributed by atoms with Crippen LogP contribution in [0, 0.1) is 5.92 Å². The fraction of sp³-hybridized carbons (Fsp3) is 0.500. The first-order valence-electron chi connectivity index (χ1n) is 5.07. The number of nitrogens with zero attached hydrogens (tertiary/aromatic N) is 1. The summed E-state index contributed by atoms with van der Waals surface area (Å²) in [4.78, 5) is 4.07. The van der Waals surface area contributed by atoms with Crippen molar-refractivity contribution in [1.82, 2.24) is 10.3 Å². The van der Waals surface area contributed by atoms with Crippen molar-refractivity contribution >= 4 is 25.8 Å². The summed E-state index contributed by atoms with van der Waals surface area (Å²) in [6.45, 7) is 1.62. The Balaban J connectivity index is 1.99. The van der Waals surface area contributed by atoms with Gasteiger partial charge in [-0.05, 0) is 34.0 Å². The van der Waals surface area contributed by atoms with Crippen LogP contribution in [0.2, 0.25) is 0 Å². The second-order valence-corrected chi connectivity index (χ2v) is 7.07. The van der Waals surface area contributed by atoms with Gasteiger partial charge in [-0.3, -0.25) is 4.98 Å². The molecule has 0 spiro atoms. The Hall–Kier alpha value is -0.460. The maximum atomic E-state index is 11.8. The number of aromatic nitrogens is 1. The Bertz CT molecular complexity index is 454. The van der Waals surface area contributed by atoms with Gasteiger partial charge in [0.25, 0.3) is 0 Å². The Kier molecular flexibility index (Phi) is 3.61. The molecular weight excluding hydrogens is 292 g/mol. The highest BCUT2D eigenvalue weighted by Crippen LogP contribution is 2.13. The SMILES string of the molecule is O=S(=O)(Cc1ccc(Br)cn1)CC1CNC1. The van der Waals surface area contributed by atoms with E-state index in [-0.39, 0.29) is 17.4 Å². The van der Waals surface area contributed by atoms with Crippen LogP contribution in [0.25, 0.3) is 0 Å². The lowest BCUT2D eigenvalue weighted by Crippen LogP contribution is -2.45. The van der Waals surface area contributed by atoms with E-state index in [1.807, 2.05) is 6.07 Å². The van der Waals surface area contributed by atoms with Crippen LogP contribution in [0.1, 0.15) is 5.69 Å². The lowest BCUT2D eigenvalue weighted by atomic mass is 10.1.